The van der Waals surface area contributed by atoms with Crippen molar-refractivity contribution >= 4 is 24.2 Å². The summed E-state index contributed by atoms with van der Waals surface area (Å²) in [6, 6.07) is 7.77. The Morgan fingerprint density at radius 1 is 1.07 bits per heavy atom. The summed E-state index contributed by atoms with van der Waals surface area (Å²) in [6.07, 6.45) is 7.83. The molecule has 1 fully saturated rings. The molecule has 1 heterocycles. The Hall–Kier alpha value is -1.46. The van der Waals surface area contributed by atoms with Crippen LogP contribution in [0.15, 0.2) is 24.3 Å². The molecule has 0 radical (unpaired) electrons. The SMILES string of the molecule is CCCCCOc1cccc(N(CCC)C(=O)OCCN2CCCCC2)c1.Cl. The zero-order chi connectivity index (χ0) is 19.3. The minimum Gasteiger partial charge on any atom is -0.494 e. The number of halogens is 1. The van der Waals surface area contributed by atoms with Crippen LogP contribution in [0.5, 0.6) is 5.75 Å². The summed E-state index contributed by atoms with van der Waals surface area (Å²) >= 11 is 0. The zero-order valence-corrected chi connectivity index (χ0v) is 18.3. The van der Waals surface area contributed by atoms with E-state index in [1.807, 2.05) is 24.3 Å². The maximum atomic E-state index is 12.6. The molecule has 6 heteroatoms. The van der Waals surface area contributed by atoms with E-state index in [-0.39, 0.29) is 18.5 Å². The Bertz CT molecular complexity index is 550. The van der Waals surface area contributed by atoms with Crippen molar-refractivity contribution in [2.45, 2.75) is 58.8 Å². The summed E-state index contributed by atoms with van der Waals surface area (Å²) in [7, 11) is 0. The molecule has 1 aromatic rings. The maximum absolute atomic E-state index is 12.6. The van der Waals surface area contributed by atoms with E-state index >= 15 is 0 Å². The van der Waals surface area contributed by atoms with Crippen LogP contribution >= 0.6 is 12.4 Å². The molecule has 160 valence electrons. The first-order chi connectivity index (χ1) is 13.2. The van der Waals surface area contributed by atoms with Crippen LogP contribution in [0, 0.1) is 0 Å². The van der Waals surface area contributed by atoms with Crippen LogP contribution in [0.3, 0.4) is 0 Å². The van der Waals surface area contributed by atoms with E-state index in [9.17, 15) is 4.79 Å². The summed E-state index contributed by atoms with van der Waals surface area (Å²) < 4.78 is 11.4. The zero-order valence-electron chi connectivity index (χ0n) is 17.5. The average Bonchev–Trinajstić information content (AvgIpc) is 2.70. The lowest BCUT2D eigenvalue weighted by atomic mass is 10.1. The van der Waals surface area contributed by atoms with E-state index in [0.29, 0.717) is 19.8 Å². The number of likely N-dealkylation sites (tertiary alicyclic amines) is 1. The molecule has 0 unspecified atom stereocenters. The van der Waals surface area contributed by atoms with Crippen molar-refractivity contribution in [1.29, 1.82) is 0 Å². The van der Waals surface area contributed by atoms with E-state index in [1.54, 1.807) is 4.90 Å². The quantitative estimate of drug-likeness (QED) is 0.449. The summed E-state index contributed by atoms with van der Waals surface area (Å²) in [4.78, 5) is 16.7. The minimum atomic E-state index is -0.267. The number of carbonyl (C=O) groups excluding carboxylic acids is 1. The smallest absolute Gasteiger partial charge is 0.414 e. The number of carbonyl (C=O) groups is 1. The molecule has 0 bridgehead atoms. The number of piperidine rings is 1. The van der Waals surface area contributed by atoms with Crippen LogP contribution in [0.1, 0.15) is 58.8 Å². The van der Waals surface area contributed by atoms with Crippen molar-refractivity contribution in [3.63, 3.8) is 0 Å². The van der Waals surface area contributed by atoms with Gasteiger partial charge in [0.15, 0.2) is 0 Å². The number of amides is 1. The van der Waals surface area contributed by atoms with E-state index < -0.39 is 0 Å². The fraction of sp³-hybridized carbons (Fsp3) is 0.682. The van der Waals surface area contributed by atoms with Gasteiger partial charge in [-0.1, -0.05) is 39.2 Å². The van der Waals surface area contributed by atoms with Gasteiger partial charge < -0.3 is 9.47 Å². The van der Waals surface area contributed by atoms with E-state index in [4.69, 9.17) is 9.47 Å². The highest BCUT2D eigenvalue weighted by Crippen LogP contribution is 2.22. The second kappa shape index (κ2) is 14.5. The van der Waals surface area contributed by atoms with Crippen molar-refractivity contribution in [3.8, 4) is 5.75 Å². The summed E-state index contributed by atoms with van der Waals surface area (Å²) in [5, 5.41) is 0. The van der Waals surface area contributed by atoms with Gasteiger partial charge in [0.1, 0.15) is 12.4 Å². The van der Waals surface area contributed by atoms with Crippen molar-refractivity contribution in [1.82, 2.24) is 4.90 Å². The van der Waals surface area contributed by atoms with Crippen LogP contribution in [-0.2, 0) is 4.74 Å². The molecule has 0 aliphatic carbocycles. The van der Waals surface area contributed by atoms with Gasteiger partial charge in [0.25, 0.3) is 0 Å². The molecule has 0 N–H and O–H groups in total. The molecule has 28 heavy (non-hydrogen) atoms. The van der Waals surface area contributed by atoms with Crippen molar-refractivity contribution in [2.75, 3.05) is 44.3 Å². The van der Waals surface area contributed by atoms with Crippen LogP contribution in [-0.4, -0.2) is 50.4 Å². The third-order valence-corrected chi connectivity index (χ3v) is 4.90. The summed E-state index contributed by atoms with van der Waals surface area (Å²) in [6.45, 7) is 9.12. The van der Waals surface area contributed by atoms with E-state index in [2.05, 4.69) is 18.7 Å². The van der Waals surface area contributed by atoms with Gasteiger partial charge in [-0.05, 0) is 50.9 Å². The lowest BCUT2D eigenvalue weighted by Crippen LogP contribution is -2.36. The first-order valence-electron chi connectivity index (χ1n) is 10.6. The normalized spacial score (nSPS) is 14.2. The molecule has 1 amide bonds. The highest BCUT2D eigenvalue weighted by atomic mass is 35.5. The predicted octanol–water partition coefficient (Wildman–Crippen LogP) is 5.52. The number of anilines is 1. The van der Waals surface area contributed by atoms with Crippen LogP contribution in [0.25, 0.3) is 0 Å². The fourth-order valence-corrected chi connectivity index (χ4v) is 3.36. The van der Waals surface area contributed by atoms with Crippen LogP contribution in [0.4, 0.5) is 10.5 Å². The Kier molecular flexibility index (Phi) is 12.8. The molecular weight excluding hydrogens is 376 g/mol. The Morgan fingerprint density at radius 2 is 1.86 bits per heavy atom. The molecule has 2 rings (SSSR count). The topological polar surface area (TPSA) is 42.0 Å². The largest absolute Gasteiger partial charge is 0.494 e. The fourth-order valence-electron chi connectivity index (χ4n) is 3.36. The molecule has 1 aliphatic heterocycles. The molecular formula is C22H37ClN2O3. The lowest BCUT2D eigenvalue weighted by molar-refractivity contribution is 0.126. The summed E-state index contributed by atoms with van der Waals surface area (Å²) in [5.74, 6) is 0.811. The lowest BCUT2D eigenvalue weighted by Gasteiger charge is -2.27. The van der Waals surface area contributed by atoms with Crippen LogP contribution in [0.2, 0.25) is 0 Å². The highest BCUT2D eigenvalue weighted by molar-refractivity contribution is 5.87. The average molecular weight is 413 g/mol. The van der Waals surface area contributed by atoms with Crippen molar-refractivity contribution in [2.24, 2.45) is 0 Å². The van der Waals surface area contributed by atoms with Gasteiger partial charge in [0, 0.05) is 19.2 Å². The highest BCUT2D eigenvalue weighted by Gasteiger charge is 2.18. The number of rotatable bonds is 11. The number of benzene rings is 1. The number of hydrogen-bond donors (Lipinski definition) is 0. The van der Waals surface area contributed by atoms with Crippen LogP contribution < -0.4 is 9.64 Å². The van der Waals surface area contributed by atoms with Crippen molar-refractivity contribution < 1.29 is 14.3 Å². The molecule has 1 saturated heterocycles. The Labute approximate surface area is 176 Å². The predicted molar refractivity (Wildman–Crippen MR) is 118 cm³/mol. The molecule has 0 spiro atoms. The van der Waals surface area contributed by atoms with E-state index in [1.165, 1.54) is 32.1 Å². The first-order valence-corrected chi connectivity index (χ1v) is 10.6. The second-order valence-electron chi connectivity index (χ2n) is 7.22. The van der Waals surface area contributed by atoms with Gasteiger partial charge in [-0.15, -0.1) is 12.4 Å². The molecule has 1 aliphatic rings. The number of hydrogen-bond acceptors (Lipinski definition) is 4. The monoisotopic (exact) mass is 412 g/mol. The number of unbranched alkanes of at least 4 members (excludes halogenated alkanes) is 2. The standard InChI is InChI=1S/C22H36N2O3.ClH/c1-3-5-9-17-26-21-12-10-11-20(19-21)24(13-4-2)22(25)27-18-16-23-14-7-6-8-15-23;/h10-12,19H,3-9,13-18H2,1-2H3;1H. The van der Waals surface area contributed by atoms with E-state index in [0.717, 1.165) is 43.9 Å². The van der Waals surface area contributed by atoms with Gasteiger partial charge in [0.2, 0.25) is 0 Å². The molecule has 1 aromatic carbocycles. The minimum absolute atomic E-state index is 0. The molecule has 0 saturated carbocycles. The van der Waals surface area contributed by atoms with Gasteiger partial charge in [-0.25, -0.2) is 4.79 Å². The Balaban J connectivity index is 0.00000392. The summed E-state index contributed by atoms with van der Waals surface area (Å²) in [5.41, 5.74) is 0.841. The van der Waals surface area contributed by atoms with Gasteiger partial charge in [-0.2, -0.15) is 0 Å². The number of ether oxygens (including phenoxy) is 2. The third kappa shape index (κ3) is 8.70. The second-order valence-corrected chi connectivity index (χ2v) is 7.22. The molecule has 0 atom stereocenters. The third-order valence-electron chi connectivity index (χ3n) is 4.90. The Morgan fingerprint density at radius 3 is 2.57 bits per heavy atom. The number of nitrogens with zero attached hydrogens (tertiary/aromatic N) is 2. The molecule has 5 nitrogen and oxygen atoms in total. The first kappa shape index (κ1) is 24.6. The van der Waals surface area contributed by atoms with Gasteiger partial charge in [0.05, 0.1) is 12.3 Å². The van der Waals surface area contributed by atoms with Gasteiger partial charge in [-0.3, -0.25) is 9.80 Å². The maximum Gasteiger partial charge on any atom is 0.414 e. The van der Waals surface area contributed by atoms with Crippen molar-refractivity contribution in [3.05, 3.63) is 24.3 Å². The van der Waals surface area contributed by atoms with Gasteiger partial charge >= 0.3 is 6.09 Å². The molecule has 0 aromatic heterocycles.